The summed E-state index contributed by atoms with van der Waals surface area (Å²) in [5.74, 6) is -0.197. The third-order valence-corrected chi connectivity index (χ3v) is 18.1. The summed E-state index contributed by atoms with van der Waals surface area (Å²) >= 11 is 0. The molecular weight excluding hydrogens is 1050 g/mol. The van der Waals surface area contributed by atoms with Crippen molar-refractivity contribution >= 4 is 5.91 Å². The van der Waals surface area contributed by atoms with Gasteiger partial charge in [0.05, 0.1) is 32.0 Å². The van der Waals surface area contributed by atoms with Crippen LogP contribution >= 0.6 is 0 Å². The fraction of sp³-hybridized carbons (Fsp3) is 0.986. The Balaban J connectivity index is 1.60. The molecule has 0 aromatic heterocycles. The maximum atomic E-state index is 13.3. The van der Waals surface area contributed by atoms with E-state index in [1.165, 1.54) is 263 Å². The van der Waals surface area contributed by atoms with E-state index in [4.69, 9.17) is 18.9 Å². The Labute approximate surface area is 508 Å². The van der Waals surface area contributed by atoms with Gasteiger partial charge < -0.3 is 65.1 Å². The van der Waals surface area contributed by atoms with Crippen molar-refractivity contribution in [1.29, 1.82) is 0 Å². The van der Waals surface area contributed by atoms with Gasteiger partial charge in [-0.1, -0.05) is 322 Å². The summed E-state index contributed by atoms with van der Waals surface area (Å²) in [4.78, 5) is 13.3. The molecule has 0 bridgehead atoms. The average molecular weight is 1190 g/mol. The van der Waals surface area contributed by atoms with Gasteiger partial charge in [-0.2, -0.15) is 0 Å². The minimum Gasteiger partial charge on any atom is -0.394 e. The second kappa shape index (κ2) is 55.1. The van der Waals surface area contributed by atoms with Gasteiger partial charge >= 0.3 is 0 Å². The van der Waals surface area contributed by atoms with Gasteiger partial charge in [0.15, 0.2) is 12.6 Å². The van der Waals surface area contributed by atoms with Crippen molar-refractivity contribution in [1.82, 2.24) is 5.32 Å². The summed E-state index contributed by atoms with van der Waals surface area (Å²) in [6.45, 7) is 2.92. The number of amides is 1. The van der Waals surface area contributed by atoms with Crippen LogP contribution in [0.1, 0.15) is 341 Å². The number of carbonyl (C=O) groups is 1. The van der Waals surface area contributed by atoms with Crippen molar-refractivity contribution in [2.75, 3.05) is 19.8 Å². The Morgan fingerprint density at radius 1 is 0.386 bits per heavy atom. The van der Waals surface area contributed by atoms with Crippen LogP contribution < -0.4 is 5.32 Å². The molecule has 14 nitrogen and oxygen atoms in total. The topological polar surface area (TPSA) is 228 Å². The Morgan fingerprint density at radius 2 is 0.687 bits per heavy atom. The maximum absolute atomic E-state index is 13.3. The third kappa shape index (κ3) is 39.6. The number of hydrogen-bond acceptors (Lipinski definition) is 13. The molecule has 0 radical (unpaired) electrons. The first kappa shape index (κ1) is 78.1. The predicted molar refractivity (Wildman–Crippen MR) is 337 cm³/mol. The second-order valence-corrected chi connectivity index (χ2v) is 25.7. The molecule has 0 spiro atoms. The highest BCUT2D eigenvalue weighted by Gasteiger charge is 2.51. The van der Waals surface area contributed by atoms with E-state index in [0.29, 0.717) is 12.8 Å². The van der Waals surface area contributed by atoms with E-state index in [9.17, 15) is 45.6 Å². The van der Waals surface area contributed by atoms with Crippen LogP contribution in [0.25, 0.3) is 0 Å². The summed E-state index contributed by atoms with van der Waals surface area (Å²) in [5, 5.41) is 87.5. The highest BCUT2D eigenvalue weighted by molar-refractivity contribution is 5.76. The molecule has 2 aliphatic heterocycles. The normalized spacial score (nSPS) is 23.7. The third-order valence-electron chi connectivity index (χ3n) is 18.1. The predicted octanol–water partition coefficient (Wildman–Crippen LogP) is 14.4. The monoisotopic (exact) mass is 1190 g/mol. The van der Waals surface area contributed by atoms with Crippen molar-refractivity contribution in [3.8, 4) is 0 Å². The molecule has 2 fully saturated rings. The molecule has 2 aliphatic rings. The van der Waals surface area contributed by atoms with Gasteiger partial charge in [-0.3, -0.25) is 4.79 Å². The molecule has 494 valence electrons. The van der Waals surface area contributed by atoms with E-state index in [2.05, 4.69) is 19.2 Å². The van der Waals surface area contributed by atoms with Crippen LogP contribution in [-0.2, 0) is 23.7 Å². The van der Waals surface area contributed by atoms with Gasteiger partial charge in [-0.25, -0.2) is 0 Å². The number of ether oxygens (including phenoxy) is 4. The van der Waals surface area contributed by atoms with Crippen LogP contribution in [0.15, 0.2) is 0 Å². The zero-order valence-electron chi connectivity index (χ0n) is 53.7. The van der Waals surface area contributed by atoms with E-state index < -0.39 is 86.8 Å². The molecule has 2 heterocycles. The maximum Gasteiger partial charge on any atom is 0.220 e. The molecule has 14 heteroatoms. The quantitative estimate of drug-likeness (QED) is 0.0259. The zero-order valence-corrected chi connectivity index (χ0v) is 53.7. The molecule has 2 saturated heterocycles. The molecule has 0 aromatic carbocycles. The Kier molecular flexibility index (Phi) is 51.8. The SMILES string of the molecule is CCCCCCCCCCCCCCCCCCCCCCCCCCCCCCCCCCCC(=O)N[C@@H](CO[C@@H]1O[C@H](CO)[C@@H](O[C@@H]2O[C@H](CO)[C@H](O)C(O)C2O)C(O)C1O)[C@H](O)CCCCCCCCCCCCCCCCCC. The first-order valence-corrected chi connectivity index (χ1v) is 35.8. The molecule has 0 aromatic rings. The van der Waals surface area contributed by atoms with Crippen molar-refractivity contribution in [3.63, 3.8) is 0 Å². The molecule has 83 heavy (non-hydrogen) atoms. The van der Waals surface area contributed by atoms with E-state index in [1.54, 1.807) is 0 Å². The lowest BCUT2D eigenvalue weighted by Gasteiger charge is -2.46. The summed E-state index contributed by atoms with van der Waals surface area (Å²) < 4.78 is 22.9. The minimum atomic E-state index is -1.78. The first-order valence-electron chi connectivity index (χ1n) is 35.8. The van der Waals surface area contributed by atoms with Crippen molar-refractivity contribution in [2.24, 2.45) is 0 Å². The van der Waals surface area contributed by atoms with Crippen LogP contribution in [0.5, 0.6) is 0 Å². The summed E-state index contributed by atoms with van der Waals surface area (Å²) in [7, 11) is 0. The standard InChI is InChI=1S/C69H135NO13/c1-3-5-7-9-11-13-15-17-19-21-22-23-24-25-26-27-28-29-30-31-32-33-34-35-36-37-39-41-43-45-47-49-51-53-61(74)70-57(58(73)52-50-48-46-44-42-40-38-20-18-16-14-12-10-8-6-4-2)56-80-68-66(79)64(77)67(60(55-72)82-68)83-69-65(78)63(76)62(75)59(54-71)81-69/h57-60,62-69,71-73,75-79H,3-56H2,1-2H3,(H,70,74)/t57-,58+,59+,60+,62-,63?,64?,65?,66?,67+,68+,69-/m0/s1. The smallest absolute Gasteiger partial charge is 0.220 e. The Bertz CT molecular complexity index is 1400. The highest BCUT2D eigenvalue weighted by atomic mass is 16.7. The van der Waals surface area contributed by atoms with Crippen molar-refractivity contribution in [2.45, 2.75) is 415 Å². The fourth-order valence-corrected chi connectivity index (χ4v) is 12.4. The number of hydrogen-bond donors (Lipinski definition) is 9. The summed E-state index contributed by atoms with van der Waals surface area (Å²) in [6, 6.07) is -0.823. The van der Waals surface area contributed by atoms with E-state index >= 15 is 0 Å². The van der Waals surface area contributed by atoms with Crippen molar-refractivity contribution in [3.05, 3.63) is 0 Å². The van der Waals surface area contributed by atoms with Gasteiger partial charge in [0, 0.05) is 6.42 Å². The lowest BCUT2D eigenvalue weighted by atomic mass is 9.97. The molecule has 1 amide bonds. The van der Waals surface area contributed by atoms with Crippen LogP contribution in [0.3, 0.4) is 0 Å². The van der Waals surface area contributed by atoms with E-state index in [0.717, 1.165) is 51.4 Å². The van der Waals surface area contributed by atoms with E-state index in [-0.39, 0.29) is 12.5 Å². The average Bonchev–Trinajstić information content (AvgIpc) is 3.63. The molecule has 4 unspecified atom stereocenters. The fourth-order valence-electron chi connectivity index (χ4n) is 12.4. The number of aliphatic hydroxyl groups excluding tert-OH is 8. The van der Waals surface area contributed by atoms with Gasteiger partial charge in [0.2, 0.25) is 5.91 Å². The molecule has 2 rings (SSSR count). The van der Waals surface area contributed by atoms with Gasteiger partial charge in [-0.15, -0.1) is 0 Å². The number of unbranched alkanes of at least 4 members (excludes halogenated alkanes) is 47. The zero-order chi connectivity index (χ0) is 60.2. The molecule has 0 aliphatic carbocycles. The second-order valence-electron chi connectivity index (χ2n) is 25.7. The number of nitrogens with one attached hydrogen (secondary N) is 1. The lowest BCUT2D eigenvalue weighted by Crippen LogP contribution is -2.65. The van der Waals surface area contributed by atoms with Crippen molar-refractivity contribution < 1.29 is 64.6 Å². The summed E-state index contributed by atoms with van der Waals surface area (Å²) in [5.41, 5.74) is 0. The minimum absolute atomic E-state index is 0.197. The molecule has 0 saturated carbocycles. The van der Waals surface area contributed by atoms with Crippen LogP contribution in [0.4, 0.5) is 0 Å². The van der Waals surface area contributed by atoms with Gasteiger partial charge in [-0.05, 0) is 12.8 Å². The number of aliphatic hydroxyl groups is 8. The van der Waals surface area contributed by atoms with Gasteiger partial charge in [0.1, 0.15) is 48.8 Å². The molecule has 12 atom stereocenters. The van der Waals surface area contributed by atoms with E-state index in [1.807, 2.05) is 0 Å². The molecule has 9 N–H and O–H groups in total. The summed E-state index contributed by atoms with van der Waals surface area (Å²) in [6.07, 6.45) is 48.5. The Hall–Kier alpha value is -1.01. The van der Waals surface area contributed by atoms with Crippen LogP contribution in [-0.4, -0.2) is 140 Å². The van der Waals surface area contributed by atoms with Gasteiger partial charge in [0.25, 0.3) is 0 Å². The van der Waals surface area contributed by atoms with Crippen LogP contribution in [0, 0.1) is 0 Å². The number of rotatable bonds is 60. The highest BCUT2D eigenvalue weighted by Crippen LogP contribution is 2.30. The number of carbonyl (C=O) groups excluding carboxylic acids is 1. The lowest BCUT2D eigenvalue weighted by molar-refractivity contribution is -0.359. The van der Waals surface area contributed by atoms with Crippen LogP contribution in [0.2, 0.25) is 0 Å². The first-order chi connectivity index (χ1) is 40.6. The largest absolute Gasteiger partial charge is 0.394 e. The Morgan fingerprint density at radius 3 is 1.02 bits per heavy atom. The molecular formula is C69H135NO13.